The van der Waals surface area contributed by atoms with Crippen molar-refractivity contribution in [2.24, 2.45) is 3.77 Å². The van der Waals surface area contributed by atoms with Crippen LogP contribution < -0.4 is 0 Å². The van der Waals surface area contributed by atoms with Crippen molar-refractivity contribution in [3.05, 3.63) is 9.65 Å². The van der Waals surface area contributed by atoms with Gasteiger partial charge in [0.2, 0.25) is 0 Å². The molecule has 46 valence electrons. The summed E-state index contributed by atoms with van der Waals surface area (Å²) in [5, 5.41) is 2.11. The van der Waals surface area contributed by atoms with Gasteiger partial charge in [0.15, 0.2) is 0 Å². The molecule has 1 rings (SSSR count). The Balaban J connectivity index is 2.66. The fourth-order valence-electron chi connectivity index (χ4n) is 0.296. The van der Waals surface area contributed by atoms with Crippen LogP contribution in [0, 0.1) is 0 Å². The molecule has 0 aromatic carbocycles. The van der Waals surface area contributed by atoms with Gasteiger partial charge in [-0.3, -0.25) is 0 Å². The van der Waals surface area contributed by atoms with Gasteiger partial charge in [-0.2, -0.15) is 3.77 Å². The molecule has 1 heterocycles. The molecule has 0 aromatic rings. The topological polar surface area (TPSA) is 12.4 Å². The molecule has 0 radical (unpaired) electrons. The van der Waals surface area contributed by atoms with Crippen LogP contribution in [0.15, 0.2) is 13.4 Å². The van der Waals surface area contributed by atoms with Gasteiger partial charge in [-0.05, 0) is 6.26 Å². The minimum atomic E-state index is 0.171. The van der Waals surface area contributed by atoms with Gasteiger partial charge in [-0.1, -0.05) is 0 Å². The van der Waals surface area contributed by atoms with Gasteiger partial charge in [0.1, 0.15) is 0 Å². The molecule has 0 bridgehead atoms. The van der Waals surface area contributed by atoms with Gasteiger partial charge in [0.05, 0.1) is 4.24 Å². The van der Waals surface area contributed by atoms with Crippen LogP contribution in [0.25, 0.3) is 0 Å². The van der Waals surface area contributed by atoms with E-state index in [1.807, 2.05) is 0 Å². The molecular formula is C3H4INS3. The molecular weight excluding hydrogens is 273 g/mol. The Morgan fingerprint density at radius 3 is 3.00 bits per heavy atom. The van der Waals surface area contributed by atoms with Gasteiger partial charge in [-0.15, -0.1) is 11.8 Å². The second kappa shape index (κ2) is 3.48. The van der Waals surface area contributed by atoms with E-state index in [1.165, 1.54) is 4.24 Å². The Morgan fingerprint density at radius 1 is 2.00 bits per heavy atom. The van der Waals surface area contributed by atoms with Crippen LogP contribution >= 0.6 is 44.9 Å². The summed E-state index contributed by atoms with van der Waals surface area (Å²) in [4.78, 5) is 0. The van der Waals surface area contributed by atoms with Gasteiger partial charge in [-0.25, -0.2) is 0 Å². The van der Waals surface area contributed by atoms with E-state index in [4.69, 9.17) is 0 Å². The molecule has 1 unspecified atom stereocenters. The molecule has 5 heteroatoms. The lowest BCUT2D eigenvalue weighted by atomic mass is 11.2. The van der Waals surface area contributed by atoms with Crippen LogP contribution in [0.3, 0.4) is 0 Å². The number of hydrogen-bond donors (Lipinski definition) is 0. The van der Waals surface area contributed by atoms with Crippen LogP contribution in [0.1, 0.15) is 0 Å². The van der Waals surface area contributed by atoms with Crippen molar-refractivity contribution in [3.8, 4) is 0 Å². The molecule has 0 aliphatic carbocycles. The Morgan fingerprint density at radius 2 is 2.75 bits per heavy atom. The standard InChI is InChI=1S/C3H4INS3/c1-6-3-2-7-5-8(3)4/h2H,1H3. The molecule has 0 spiro atoms. The molecule has 0 aromatic heterocycles. The summed E-state index contributed by atoms with van der Waals surface area (Å²) in [6.45, 7) is 0. The molecule has 8 heavy (non-hydrogen) atoms. The lowest BCUT2D eigenvalue weighted by molar-refractivity contribution is 2.12. The van der Waals surface area contributed by atoms with E-state index in [1.54, 1.807) is 23.7 Å². The Kier molecular flexibility index (Phi) is 3.23. The summed E-state index contributed by atoms with van der Waals surface area (Å²) in [5.41, 5.74) is 0. The lowest BCUT2D eigenvalue weighted by Gasteiger charge is -1.90. The second-order valence-corrected chi connectivity index (χ2v) is 6.63. The Hall–Kier alpha value is 1.32. The van der Waals surface area contributed by atoms with Crippen molar-refractivity contribution >= 4 is 52.8 Å². The summed E-state index contributed by atoms with van der Waals surface area (Å²) in [6.07, 6.45) is 2.09. The summed E-state index contributed by atoms with van der Waals surface area (Å²) < 4.78 is 5.60. The van der Waals surface area contributed by atoms with Crippen molar-refractivity contribution in [1.29, 1.82) is 0 Å². The van der Waals surface area contributed by atoms with Gasteiger partial charge in [0.25, 0.3) is 0 Å². The molecule has 0 N–H and O–H groups in total. The van der Waals surface area contributed by atoms with Crippen molar-refractivity contribution in [2.75, 3.05) is 6.26 Å². The quantitative estimate of drug-likeness (QED) is 0.539. The van der Waals surface area contributed by atoms with Crippen molar-refractivity contribution in [1.82, 2.24) is 0 Å². The van der Waals surface area contributed by atoms with E-state index in [9.17, 15) is 0 Å². The van der Waals surface area contributed by atoms with Crippen LogP contribution in [0.4, 0.5) is 0 Å². The lowest BCUT2D eigenvalue weighted by Crippen LogP contribution is -1.69. The van der Waals surface area contributed by atoms with Crippen molar-refractivity contribution in [2.45, 2.75) is 0 Å². The zero-order valence-electron chi connectivity index (χ0n) is 4.13. The Bertz CT molecular complexity index is 153. The smallest absolute Gasteiger partial charge is 0.0702 e. The third kappa shape index (κ3) is 1.65. The van der Waals surface area contributed by atoms with Crippen molar-refractivity contribution < 1.29 is 0 Å². The molecule has 0 amide bonds. The third-order valence-corrected chi connectivity index (χ3v) is 7.84. The molecule has 1 atom stereocenters. The summed E-state index contributed by atoms with van der Waals surface area (Å²) in [6, 6.07) is 0. The Labute approximate surface area is 71.9 Å². The fourth-order valence-corrected chi connectivity index (χ4v) is 6.32. The normalized spacial score (nSPS) is 27.2. The third-order valence-electron chi connectivity index (χ3n) is 0.625. The zero-order valence-corrected chi connectivity index (χ0v) is 8.73. The number of hydrogen-bond acceptors (Lipinski definition) is 3. The molecule has 1 aliphatic rings. The van der Waals surface area contributed by atoms with E-state index in [2.05, 4.69) is 36.6 Å². The fraction of sp³-hybridized carbons (Fsp3) is 0.333. The first-order valence-electron chi connectivity index (χ1n) is 1.86. The first-order valence-corrected chi connectivity index (χ1v) is 7.65. The zero-order chi connectivity index (χ0) is 5.98. The predicted molar refractivity (Wildman–Crippen MR) is 53.0 cm³/mol. The number of nitrogens with zero attached hydrogens (tertiary/aromatic N) is 1. The maximum Gasteiger partial charge on any atom is 0.0702 e. The van der Waals surface area contributed by atoms with Gasteiger partial charge in [0, 0.05) is 46.4 Å². The average molecular weight is 277 g/mol. The molecule has 1 nitrogen and oxygen atoms in total. The number of thioether (sulfide) groups is 1. The van der Waals surface area contributed by atoms with Crippen molar-refractivity contribution in [3.63, 3.8) is 0 Å². The minimum absolute atomic E-state index is 0.171. The van der Waals surface area contributed by atoms with E-state index >= 15 is 0 Å². The van der Waals surface area contributed by atoms with Crippen LogP contribution in [-0.4, -0.2) is 6.26 Å². The van der Waals surface area contributed by atoms with E-state index in [0.717, 1.165) is 0 Å². The summed E-state index contributed by atoms with van der Waals surface area (Å²) in [5.74, 6) is 0. The highest BCUT2D eigenvalue weighted by Gasteiger charge is 2.04. The minimum Gasteiger partial charge on any atom is -0.175 e. The second-order valence-electron chi connectivity index (χ2n) is 1.06. The largest absolute Gasteiger partial charge is 0.175 e. The first kappa shape index (κ1) is 7.43. The molecule has 0 saturated heterocycles. The maximum absolute atomic E-state index is 4.21. The first-order chi connectivity index (χ1) is 3.84. The number of halogens is 1. The van der Waals surface area contributed by atoms with E-state index in [0.29, 0.717) is 0 Å². The predicted octanol–water partition coefficient (Wildman–Crippen LogP) is 2.96. The highest BCUT2D eigenvalue weighted by molar-refractivity contribution is 14.2. The van der Waals surface area contributed by atoms with Crippen LogP contribution in [-0.2, 0) is 7.86 Å². The number of rotatable bonds is 1. The van der Waals surface area contributed by atoms with Crippen LogP contribution in [0.5, 0.6) is 0 Å². The van der Waals surface area contributed by atoms with E-state index in [-0.39, 0.29) is 7.86 Å². The highest BCUT2D eigenvalue weighted by atomic mass is 127. The molecule has 0 fully saturated rings. The van der Waals surface area contributed by atoms with Gasteiger partial charge < -0.3 is 0 Å². The van der Waals surface area contributed by atoms with E-state index < -0.39 is 0 Å². The van der Waals surface area contributed by atoms with Gasteiger partial charge >= 0.3 is 0 Å². The monoisotopic (exact) mass is 277 g/mol. The molecule has 0 saturated carbocycles. The maximum atomic E-state index is 4.21. The van der Waals surface area contributed by atoms with Crippen LogP contribution in [0.2, 0.25) is 0 Å². The SMILES string of the molecule is CSC1=CSN=S1I. The average Bonchev–Trinajstić information content (AvgIpc) is 2.14. The summed E-state index contributed by atoms with van der Waals surface area (Å²) in [7, 11) is 0.171. The summed E-state index contributed by atoms with van der Waals surface area (Å²) >= 11 is 5.70. The molecule has 1 aliphatic heterocycles. The highest BCUT2D eigenvalue weighted by Crippen LogP contribution is 2.34.